The first kappa shape index (κ1) is 18.2. The number of imide groups is 1. The van der Waals surface area contributed by atoms with Gasteiger partial charge in [0.1, 0.15) is 0 Å². The van der Waals surface area contributed by atoms with Crippen LogP contribution in [0, 0.1) is 15.5 Å². The number of carbonyl (C=O) groups excluding carboxylic acids is 2. The average molecular weight is 398 g/mol. The highest BCUT2D eigenvalue weighted by Crippen LogP contribution is 2.72. The van der Waals surface area contributed by atoms with E-state index in [1.807, 2.05) is 60.7 Å². The van der Waals surface area contributed by atoms with Crippen LogP contribution in [0.5, 0.6) is 0 Å². The van der Waals surface area contributed by atoms with Gasteiger partial charge in [-0.25, -0.2) is 0 Å². The number of anilines is 1. The van der Waals surface area contributed by atoms with Gasteiger partial charge in [0.05, 0.1) is 16.0 Å². The van der Waals surface area contributed by atoms with E-state index in [2.05, 4.69) is 0 Å². The van der Waals surface area contributed by atoms with E-state index in [0.29, 0.717) is 12.1 Å². The summed E-state index contributed by atoms with van der Waals surface area (Å²) in [6.45, 7) is 0. The first-order valence-corrected chi connectivity index (χ1v) is 9.72. The predicted octanol–water partition coefficient (Wildman–Crippen LogP) is 4.23. The minimum atomic E-state index is -0.839. The monoisotopic (exact) mass is 398 g/mol. The SMILES string of the molecule is O=C1C[C@]2(CC2(c2ccccc2)c2ccccc2)C(=O)N1c1ccc([N+](=O)[O-])cc1. The van der Waals surface area contributed by atoms with Gasteiger partial charge < -0.3 is 0 Å². The number of hydrogen-bond donors (Lipinski definition) is 0. The Balaban J connectivity index is 1.59. The van der Waals surface area contributed by atoms with E-state index < -0.39 is 15.8 Å². The molecular formula is C24H18N2O4. The molecule has 2 fully saturated rings. The van der Waals surface area contributed by atoms with Gasteiger partial charge in [-0.15, -0.1) is 0 Å². The number of nitrogens with zero attached hydrogens (tertiary/aromatic N) is 2. The van der Waals surface area contributed by atoms with Crippen molar-refractivity contribution in [3.8, 4) is 0 Å². The first-order valence-electron chi connectivity index (χ1n) is 9.72. The van der Waals surface area contributed by atoms with Gasteiger partial charge in [-0.3, -0.25) is 24.6 Å². The van der Waals surface area contributed by atoms with Crippen LogP contribution in [0.2, 0.25) is 0 Å². The van der Waals surface area contributed by atoms with Crippen LogP contribution in [0.3, 0.4) is 0 Å². The molecule has 0 unspecified atom stereocenters. The zero-order valence-corrected chi connectivity index (χ0v) is 16.0. The summed E-state index contributed by atoms with van der Waals surface area (Å²) in [6.07, 6.45) is 0.675. The van der Waals surface area contributed by atoms with Gasteiger partial charge in [0, 0.05) is 24.0 Å². The Kier molecular flexibility index (Phi) is 3.86. The maximum atomic E-state index is 13.7. The van der Waals surface area contributed by atoms with Gasteiger partial charge in [0.25, 0.3) is 5.69 Å². The lowest BCUT2D eigenvalue weighted by atomic mass is 9.79. The molecule has 5 rings (SSSR count). The van der Waals surface area contributed by atoms with Crippen LogP contribution >= 0.6 is 0 Å². The van der Waals surface area contributed by atoms with Crippen molar-refractivity contribution in [2.75, 3.05) is 4.90 Å². The van der Waals surface area contributed by atoms with Gasteiger partial charge in [-0.05, 0) is 29.7 Å². The molecule has 2 amide bonds. The van der Waals surface area contributed by atoms with Crippen molar-refractivity contribution in [3.05, 3.63) is 106 Å². The lowest BCUT2D eigenvalue weighted by Gasteiger charge is -2.23. The summed E-state index contributed by atoms with van der Waals surface area (Å²) < 4.78 is 0. The first-order chi connectivity index (χ1) is 14.5. The van der Waals surface area contributed by atoms with Crippen molar-refractivity contribution in [2.24, 2.45) is 5.41 Å². The van der Waals surface area contributed by atoms with E-state index in [0.717, 1.165) is 11.1 Å². The molecule has 30 heavy (non-hydrogen) atoms. The molecule has 0 radical (unpaired) electrons. The lowest BCUT2D eigenvalue weighted by Crippen LogP contribution is -2.33. The Morgan fingerprint density at radius 3 is 1.83 bits per heavy atom. The van der Waals surface area contributed by atoms with Crippen LogP contribution in [-0.4, -0.2) is 16.7 Å². The summed E-state index contributed by atoms with van der Waals surface area (Å²) >= 11 is 0. The highest BCUT2D eigenvalue weighted by atomic mass is 16.6. The molecule has 1 heterocycles. The highest BCUT2D eigenvalue weighted by molar-refractivity contribution is 6.25. The summed E-state index contributed by atoms with van der Waals surface area (Å²) in [6, 6.07) is 25.2. The largest absolute Gasteiger partial charge is 0.274 e. The Bertz CT molecular complexity index is 1120. The summed E-state index contributed by atoms with van der Waals surface area (Å²) in [5, 5.41) is 10.9. The normalized spacial score (nSPS) is 21.8. The summed E-state index contributed by atoms with van der Waals surface area (Å²) in [7, 11) is 0. The average Bonchev–Trinajstić information content (AvgIpc) is 3.38. The zero-order chi connectivity index (χ0) is 20.9. The Morgan fingerprint density at radius 1 is 0.800 bits per heavy atom. The fourth-order valence-corrected chi connectivity index (χ4v) is 4.97. The van der Waals surface area contributed by atoms with Crippen LogP contribution in [0.4, 0.5) is 11.4 Å². The molecule has 1 saturated carbocycles. The molecule has 0 bridgehead atoms. The second kappa shape index (κ2) is 6.35. The maximum absolute atomic E-state index is 13.7. The van der Waals surface area contributed by atoms with Crippen LogP contribution in [-0.2, 0) is 15.0 Å². The number of non-ortho nitro benzene ring substituents is 1. The van der Waals surface area contributed by atoms with Crippen LogP contribution in [0.15, 0.2) is 84.9 Å². The van der Waals surface area contributed by atoms with Gasteiger partial charge in [-0.2, -0.15) is 0 Å². The lowest BCUT2D eigenvalue weighted by molar-refractivity contribution is -0.384. The number of carbonyl (C=O) groups is 2. The number of nitro groups is 1. The van der Waals surface area contributed by atoms with E-state index in [4.69, 9.17) is 0 Å². The van der Waals surface area contributed by atoms with Gasteiger partial charge >= 0.3 is 0 Å². The third kappa shape index (κ3) is 2.37. The number of nitro benzene ring substituents is 1. The van der Waals surface area contributed by atoms with Crippen LogP contribution in [0.25, 0.3) is 0 Å². The molecule has 1 atom stereocenters. The van der Waals surface area contributed by atoms with Crippen molar-refractivity contribution < 1.29 is 14.5 Å². The van der Waals surface area contributed by atoms with E-state index in [9.17, 15) is 19.7 Å². The zero-order valence-electron chi connectivity index (χ0n) is 16.0. The van der Waals surface area contributed by atoms with Gasteiger partial charge in [-0.1, -0.05) is 60.7 Å². The van der Waals surface area contributed by atoms with Crippen LogP contribution in [0.1, 0.15) is 24.0 Å². The number of rotatable bonds is 4. The second-order valence-electron chi connectivity index (χ2n) is 7.88. The number of amides is 2. The molecule has 6 nitrogen and oxygen atoms in total. The quantitative estimate of drug-likeness (QED) is 0.374. The molecule has 1 aliphatic heterocycles. The van der Waals surface area contributed by atoms with Gasteiger partial charge in [0.15, 0.2) is 0 Å². The Hall–Kier alpha value is -3.80. The standard InChI is InChI=1S/C24H18N2O4/c27-21-15-23(22(28)25(21)19-11-13-20(14-12-19)26(29)30)16-24(23,17-7-3-1-4-8-17)18-9-5-2-6-10-18/h1-14H,15-16H2/t23-/m0/s1. The summed E-state index contributed by atoms with van der Waals surface area (Å²) in [5.41, 5.74) is 0.925. The molecule has 148 valence electrons. The van der Waals surface area contributed by atoms with Crippen molar-refractivity contribution in [1.29, 1.82) is 0 Å². The highest BCUT2D eigenvalue weighted by Gasteiger charge is 2.77. The van der Waals surface area contributed by atoms with E-state index in [1.54, 1.807) is 0 Å². The molecule has 3 aromatic carbocycles. The smallest absolute Gasteiger partial charge is 0.269 e. The van der Waals surface area contributed by atoms with E-state index >= 15 is 0 Å². The minimum absolute atomic E-state index is 0.0816. The second-order valence-corrected chi connectivity index (χ2v) is 7.88. The molecule has 6 heteroatoms. The summed E-state index contributed by atoms with van der Waals surface area (Å²) in [5.74, 6) is -0.517. The van der Waals surface area contributed by atoms with Crippen molar-refractivity contribution in [1.82, 2.24) is 0 Å². The number of benzene rings is 3. The molecule has 3 aromatic rings. The van der Waals surface area contributed by atoms with Crippen molar-refractivity contribution >= 4 is 23.2 Å². The molecular weight excluding hydrogens is 380 g/mol. The Labute approximate surface area is 172 Å². The molecule has 1 spiro atoms. The fraction of sp³-hybridized carbons (Fsp3) is 0.167. The molecule has 0 N–H and O–H groups in total. The fourth-order valence-electron chi connectivity index (χ4n) is 4.97. The topological polar surface area (TPSA) is 80.5 Å². The Morgan fingerprint density at radius 2 is 1.33 bits per heavy atom. The third-order valence-electron chi connectivity index (χ3n) is 6.43. The maximum Gasteiger partial charge on any atom is 0.269 e. The molecule has 1 saturated heterocycles. The summed E-state index contributed by atoms with van der Waals surface area (Å²) in [4.78, 5) is 38.3. The molecule has 2 aliphatic rings. The van der Waals surface area contributed by atoms with Crippen LogP contribution < -0.4 is 4.90 Å². The van der Waals surface area contributed by atoms with Crippen molar-refractivity contribution in [2.45, 2.75) is 18.3 Å². The third-order valence-corrected chi connectivity index (χ3v) is 6.43. The van der Waals surface area contributed by atoms with Gasteiger partial charge in [0.2, 0.25) is 11.8 Å². The van der Waals surface area contributed by atoms with E-state index in [1.165, 1.54) is 29.2 Å². The van der Waals surface area contributed by atoms with E-state index in [-0.39, 0.29) is 23.9 Å². The molecule has 1 aliphatic carbocycles. The van der Waals surface area contributed by atoms with Crippen molar-refractivity contribution in [3.63, 3.8) is 0 Å². The predicted molar refractivity (Wildman–Crippen MR) is 111 cm³/mol. The number of hydrogen-bond acceptors (Lipinski definition) is 4. The minimum Gasteiger partial charge on any atom is -0.274 e. The molecule has 0 aromatic heterocycles.